The van der Waals surface area contributed by atoms with Gasteiger partial charge < -0.3 is 10.5 Å². The number of aromatic nitrogens is 1. The van der Waals surface area contributed by atoms with Crippen molar-refractivity contribution in [1.29, 1.82) is 0 Å². The zero-order valence-electron chi connectivity index (χ0n) is 7.75. The van der Waals surface area contributed by atoms with Crippen molar-refractivity contribution < 1.29 is 9.13 Å². The summed E-state index contributed by atoms with van der Waals surface area (Å²) in [5.41, 5.74) is 6.23. The number of nitrogens with two attached hydrogens (primary N) is 1. The maximum Gasteiger partial charge on any atom is 0.250 e. The topological polar surface area (TPSA) is 48.1 Å². The third kappa shape index (κ3) is 2.39. The summed E-state index contributed by atoms with van der Waals surface area (Å²) in [6.07, 6.45) is 1.53. The van der Waals surface area contributed by atoms with E-state index >= 15 is 0 Å². The molecule has 0 fully saturated rings. The molecule has 2 N–H and O–H groups in total. The SMILES string of the molecule is CCOc1ncc(C(C)N)cc1F. The summed E-state index contributed by atoms with van der Waals surface area (Å²) in [5, 5.41) is 0. The Kier molecular flexibility index (Phi) is 3.19. The molecule has 0 aromatic carbocycles. The van der Waals surface area contributed by atoms with E-state index in [1.54, 1.807) is 13.8 Å². The van der Waals surface area contributed by atoms with Crippen LogP contribution in [-0.4, -0.2) is 11.6 Å². The van der Waals surface area contributed by atoms with Gasteiger partial charge in [0.25, 0.3) is 0 Å². The van der Waals surface area contributed by atoms with Gasteiger partial charge in [0, 0.05) is 12.2 Å². The molecule has 3 nitrogen and oxygen atoms in total. The molecule has 0 aliphatic carbocycles. The van der Waals surface area contributed by atoms with Crippen molar-refractivity contribution in [2.24, 2.45) is 5.73 Å². The molecule has 0 aliphatic rings. The summed E-state index contributed by atoms with van der Waals surface area (Å²) in [6.45, 7) is 3.96. The number of hydrogen-bond donors (Lipinski definition) is 1. The van der Waals surface area contributed by atoms with E-state index < -0.39 is 5.82 Å². The lowest BCUT2D eigenvalue weighted by molar-refractivity contribution is 0.307. The maximum absolute atomic E-state index is 13.2. The first kappa shape index (κ1) is 9.92. The number of halogens is 1. The molecule has 13 heavy (non-hydrogen) atoms. The molecule has 1 unspecified atom stereocenters. The van der Waals surface area contributed by atoms with Crippen LogP contribution in [0.15, 0.2) is 12.3 Å². The van der Waals surface area contributed by atoms with E-state index in [4.69, 9.17) is 10.5 Å². The third-order valence-corrected chi connectivity index (χ3v) is 1.64. The van der Waals surface area contributed by atoms with Crippen LogP contribution < -0.4 is 10.5 Å². The maximum atomic E-state index is 13.2. The predicted octanol–water partition coefficient (Wildman–Crippen LogP) is 1.64. The van der Waals surface area contributed by atoms with Crippen molar-refractivity contribution in [2.75, 3.05) is 6.61 Å². The summed E-state index contributed by atoms with van der Waals surface area (Å²) in [6, 6.07) is 1.14. The largest absolute Gasteiger partial charge is 0.476 e. The van der Waals surface area contributed by atoms with Gasteiger partial charge in [-0.15, -0.1) is 0 Å². The van der Waals surface area contributed by atoms with Crippen molar-refractivity contribution in [1.82, 2.24) is 4.98 Å². The van der Waals surface area contributed by atoms with Gasteiger partial charge in [0.05, 0.1) is 6.61 Å². The highest BCUT2D eigenvalue weighted by atomic mass is 19.1. The minimum atomic E-state index is -0.461. The molecule has 1 heterocycles. The van der Waals surface area contributed by atoms with Crippen molar-refractivity contribution in [3.05, 3.63) is 23.6 Å². The van der Waals surface area contributed by atoms with Gasteiger partial charge in [-0.05, 0) is 25.5 Å². The first-order valence-electron chi connectivity index (χ1n) is 4.19. The number of hydrogen-bond acceptors (Lipinski definition) is 3. The highest BCUT2D eigenvalue weighted by molar-refractivity contribution is 5.22. The van der Waals surface area contributed by atoms with Crippen molar-refractivity contribution in [3.8, 4) is 5.88 Å². The van der Waals surface area contributed by atoms with E-state index in [1.807, 2.05) is 0 Å². The average molecular weight is 184 g/mol. The molecule has 0 saturated carbocycles. The first-order chi connectivity index (χ1) is 6.15. The molecule has 0 aliphatic heterocycles. The van der Waals surface area contributed by atoms with Gasteiger partial charge in [-0.25, -0.2) is 9.37 Å². The molecule has 1 atom stereocenters. The summed E-state index contributed by atoms with van der Waals surface area (Å²) in [4.78, 5) is 3.81. The molecule has 72 valence electrons. The molecular weight excluding hydrogens is 171 g/mol. The van der Waals surface area contributed by atoms with Gasteiger partial charge in [-0.3, -0.25) is 0 Å². The monoisotopic (exact) mass is 184 g/mol. The van der Waals surface area contributed by atoms with Gasteiger partial charge in [0.2, 0.25) is 5.88 Å². The minimum Gasteiger partial charge on any atom is -0.476 e. The number of pyridine rings is 1. The van der Waals surface area contributed by atoms with E-state index in [2.05, 4.69) is 4.98 Å². The number of nitrogens with zero attached hydrogens (tertiary/aromatic N) is 1. The van der Waals surface area contributed by atoms with Crippen LogP contribution in [0, 0.1) is 5.82 Å². The van der Waals surface area contributed by atoms with Gasteiger partial charge in [0.1, 0.15) is 0 Å². The molecule has 0 radical (unpaired) electrons. The minimum absolute atomic E-state index is 0.0342. The van der Waals surface area contributed by atoms with Gasteiger partial charge in [0.15, 0.2) is 5.82 Å². The second-order valence-electron chi connectivity index (χ2n) is 2.78. The Morgan fingerprint density at radius 1 is 1.69 bits per heavy atom. The Balaban J connectivity index is 2.92. The quantitative estimate of drug-likeness (QED) is 0.776. The Bertz CT molecular complexity index is 289. The summed E-state index contributed by atoms with van der Waals surface area (Å²) in [5.74, 6) is -0.427. The average Bonchev–Trinajstić information content (AvgIpc) is 2.08. The smallest absolute Gasteiger partial charge is 0.250 e. The normalized spacial score (nSPS) is 12.6. The molecular formula is C9H13FN2O. The van der Waals surface area contributed by atoms with Crippen LogP contribution in [-0.2, 0) is 0 Å². The zero-order valence-corrected chi connectivity index (χ0v) is 7.75. The highest BCUT2D eigenvalue weighted by Gasteiger charge is 2.07. The molecule has 0 amide bonds. The Morgan fingerprint density at radius 2 is 2.38 bits per heavy atom. The highest BCUT2D eigenvalue weighted by Crippen LogP contribution is 2.17. The Hall–Kier alpha value is -1.16. The Morgan fingerprint density at radius 3 is 2.85 bits per heavy atom. The summed E-state index contributed by atoms with van der Waals surface area (Å²) < 4.78 is 18.1. The van der Waals surface area contributed by atoms with E-state index in [1.165, 1.54) is 12.3 Å². The lowest BCUT2D eigenvalue weighted by Crippen LogP contribution is -2.07. The van der Waals surface area contributed by atoms with Crippen LogP contribution >= 0.6 is 0 Å². The van der Waals surface area contributed by atoms with Crippen LogP contribution in [0.2, 0.25) is 0 Å². The van der Waals surface area contributed by atoms with Gasteiger partial charge in [-0.1, -0.05) is 0 Å². The molecule has 1 aromatic heterocycles. The lowest BCUT2D eigenvalue weighted by atomic mass is 10.1. The molecule has 4 heteroatoms. The fourth-order valence-corrected chi connectivity index (χ4v) is 0.932. The molecule has 1 rings (SSSR count). The number of rotatable bonds is 3. The van der Waals surface area contributed by atoms with Gasteiger partial charge >= 0.3 is 0 Å². The zero-order chi connectivity index (χ0) is 9.84. The molecule has 0 bridgehead atoms. The van der Waals surface area contributed by atoms with E-state index in [9.17, 15) is 4.39 Å². The lowest BCUT2D eigenvalue weighted by Gasteiger charge is -2.07. The standard InChI is InChI=1S/C9H13FN2O/c1-3-13-9-8(10)4-7(5-12-9)6(2)11/h4-6H,3,11H2,1-2H3. The van der Waals surface area contributed by atoms with Crippen LogP contribution in [0.25, 0.3) is 0 Å². The van der Waals surface area contributed by atoms with Crippen molar-refractivity contribution >= 4 is 0 Å². The van der Waals surface area contributed by atoms with E-state index in [-0.39, 0.29) is 11.9 Å². The van der Waals surface area contributed by atoms with Crippen molar-refractivity contribution in [2.45, 2.75) is 19.9 Å². The van der Waals surface area contributed by atoms with Crippen LogP contribution in [0.5, 0.6) is 5.88 Å². The predicted molar refractivity (Wildman–Crippen MR) is 48.0 cm³/mol. The van der Waals surface area contributed by atoms with Crippen LogP contribution in [0.3, 0.4) is 0 Å². The second-order valence-corrected chi connectivity index (χ2v) is 2.78. The molecule has 1 aromatic rings. The van der Waals surface area contributed by atoms with Crippen molar-refractivity contribution in [3.63, 3.8) is 0 Å². The van der Waals surface area contributed by atoms with Crippen LogP contribution in [0.1, 0.15) is 25.5 Å². The fourth-order valence-electron chi connectivity index (χ4n) is 0.932. The van der Waals surface area contributed by atoms with E-state index in [0.29, 0.717) is 12.2 Å². The van der Waals surface area contributed by atoms with Gasteiger partial charge in [-0.2, -0.15) is 0 Å². The summed E-state index contributed by atoms with van der Waals surface area (Å²) in [7, 11) is 0. The Labute approximate surface area is 76.7 Å². The van der Waals surface area contributed by atoms with Crippen LogP contribution in [0.4, 0.5) is 4.39 Å². The molecule has 0 spiro atoms. The number of ether oxygens (including phenoxy) is 1. The third-order valence-electron chi connectivity index (χ3n) is 1.64. The second kappa shape index (κ2) is 4.18. The fraction of sp³-hybridized carbons (Fsp3) is 0.444. The first-order valence-corrected chi connectivity index (χ1v) is 4.19. The van der Waals surface area contributed by atoms with E-state index in [0.717, 1.165) is 0 Å². The summed E-state index contributed by atoms with van der Waals surface area (Å²) >= 11 is 0. The molecule has 0 saturated heterocycles.